The van der Waals surface area contributed by atoms with Gasteiger partial charge in [0.15, 0.2) is 0 Å². The Kier molecular flexibility index (Phi) is 7.15. The van der Waals surface area contributed by atoms with Crippen LogP contribution in [0.25, 0.3) is 0 Å². The van der Waals surface area contributed by atoms with Gasteiger partial charge in [-0.05, 0) is 23.5 Å². The van der Waals surface area contributed by atoms with Crippen LogP contribution < -0.4 is 0 Å². The fourth-order valence-corrected chi connectivity index (χ4v) is 8.71. The maximum Gasteiger partial charge on any atom is 0.308 e. The monoisotopic (exact) mass is 274 g/mol. The van der Waals surface area contributed by atoms with Gasteiger partial charge < -0.3 is 9.16 Å². The van der Waals surface area contributed by atoms with Crippen LogP contribution in [0, 0.1) is 0 Å². The van der Waals surface area contributed by atoms with Gasteiger partial charge in [-0.25, -0.2) is 0 Å². The summed E-state index contributed by atoms with van der Waals surface area (Å²) in [6, 6.07) is 0. The smallest absolute Gasteiger partial charge is 0.308 e. The van der Waals surface area contributed by atoms with E-state index in [9.17, 15) is 4.79 Å². The second-order valence-corrected chi connectivity index (χ2v) is 11.4. The van der Waals surface area contributed by atoms with E-state index >= 15 is 0 Å². The van der Waals surface area contributed by atoms with E-state index in [2.05, 4.69) is 41.5 Å². The Labute approximate surface area is 113 Å². The van der Waals surface area contributed by atoms with Crippen LogP contribution in [0.2, 0.25) is 16.6 Å². The van der Waals surface area contributed by atoms with Crippen molar-refractivity contribution in [3.8, 4) is 0 Å². The largest absolute Gasteiger partial charge is 0.469 e. The van der Waals surface area contributed by atoms with Crippen molar-refractivity contribution in [3.05, 3.63) is 0 Å². The molecule has 0 aromatic heterocycles. The van der Waals surface area contributed by atoms with Crippen molar-refractivity contribution in [3.63, 3.8) is 0 Å². The van der Waals surface area contributed by atoms with E-state index < -0.39 is 8.32 Å². The van der Waals surface area contributed by atoms with Crippen LogP contribution in [0.15, 0.2) is 0 Å². The van der Waals surface area contributed by atoms with E-state index in [0.717, 1.165) is 0 Å². The highest BCUT2D eigenvalue weighted by Crippen LogP contribution is 2.43. The van der Waals surface area contributed by atoms with Gasteiger partial charge in [0.05, 0.1) is 19.6 Å². The van der Waals surface area contributed by atoms with Crippen LogP contribution in [-0.2, 0) is 14.0 Å². The molecular weight excluding hydrogens is 244 g/mol. The van der Waals surface area contributed by atoms with E-state index in [1.807, 2.05) is 6.92 Å². The molecule has 0 N–H and O–H groups in total. The number of esters is 1. The van der Waals surface area contributed by atoms with Gasteiger partial charge in [-0.1, -0.05) is 41.5 Å². The standard InChI is InChI=1S/C14H30O3Si/c1-10(2)18(11(3)4,12(5)6)17-13(7)9-14(15)16-8/h10-13H,9H2,1-8H3/t13-/m1/s1. The summed E-state index contributed by atoms with van der Waals surface area (Å²) in [6.07, 6.45) is 0.286. The first kappa shape index (κ1) is 17.6. The number of ether oxygens (including phenoxy) is 1. The van der Waals surface area contributed by atoms with E-state index in [1.165, 1.54) is 7.11 Å². The second-order valence-electron chi connectivity index (χ2n) is 6.03. The maximum absolute atomic E-state index is 11.3. The highest BCUT2D eigenvalue weighted by atomic mass is 28.4. The fraction of sp³-hybridized carbons (Fsp3) is 0.929. The molecule has 3 nitrogen and oxygen atoms in total. The quantitative estimate of drug-likeness (QED) is 0.517. The average molecular weight is 274 g/mol. The van der Waals surface area contributed by atoms with Crippen LogP contribution in [0.4, 0.5) is 0 Å². The predicted octanol–water partition coefficient (Wildman–Crippen LogP) is 4.13. The Morgan fingerprint density at radius 2 is 1.33 bits per heavy atom. The van der Waals surface area contributed by atoms with E-state index in [0.29, 0.717) is 23.0 Å². The third-order valence-electron chi connectivity index (χ3n) is 3.79. The molecule has 0 radical (unpaired) electrons. The summed E-state index contributed by atoms with van der Waals surface area (Å²) in [4.78, 5) is 11.3. The Morgan fingerprint density at radius 1 is 0.944 bits per heavy atom. The molecule has 0 bridgehead atoms. The van der Waals surface area contributed by atoms with E-state index in [1.54, 1.807) is 0 Å². The van der Waals surface area contributed by atoms with E-state index in [4.69, 9.17) is 9.16 Å². The Balaban J connectivity index is 4.95. The van der Waals surface area contributed by atoms with Crippen LogP contribution in [0.1, 0.15) is 54.9 Å². The number of carbonyl (C=O) groups excluding carboxylic acids is 1. The summed E-state index contributed by atoms with van der Waals surface area (Å²) in [5.74, 6) is -0.193. The van der Waals surface area contributed by atoms with Gasteiger partial charge in [0.25, 0.3) is 0 Å². The van der Waals surface area contributed by atoms with Crippen molar-refractivity contribution in [1.82, 2.24) is 0 Å². The zero-order valence-electron chi connectivity index (χ0n) is 13.2. The summed E-state index contributed by atoms with van der Waals surface area (Å²) < 4.78 is 11.1. The van der Waals surface area contributed by atoms with Crippen LogP contribution >= 0.6 is 0 Å². The normalized spacial score (nSPS) is 14.4. The fourth-order valence-electron chi connectivity index (χ4n) is 3.12. The zero-order chi connectivity index (χ0) is 14.5. The first-order chi connectivity index (χ1) is 8.18. The molecule has 1 atom stereocenters. The van der Waals surface area contributed by atoms with Crippen molar-refractivity contribution in [2.75, 3.05) is 7.11 Å². The van der Waals surface area contributed by atoms with Crippen molar-refractivity contribution in [1.29, 1.82) is 0 Å². The molecule has 0 saturated carbocycles. The Bertz CT molecular complexity index is 240. The van der Waals surface area contributed by atoms with Crippen molar-refractivity contribution in [2.45, 2.75) is 77.6 Å². The Hall–Kier alpha value is -0.353. The lowest BCUT2D eigenvalue weighted by Gasteiger charge is -2.44. The van der Waals surface area contributed by atoms with Crippen molar-refractivity contribution < 1.29 is 14.0 Å². The third kappa shape index (κ3) is 4.09. The van der Waals surface area contributed by atoms with Crippen LogP contribution in [0.5, 0.6) is 0 Å². The lowest BCUT2D eigenvalue weighted by Crippen LogP contribution is -2.50. The first-order valence-corrected chi connectivity index (χ1v) is 9.07. The average Bonchev–Trinajstić information content (AvgIpc) is 2.23. The molecule has 0 aromatic carbocycles. The lowest BCUT2D eigenvalue weighted by atomic mass is 10.3. The minimum Gasteiger partial charge on any atom is -0.469 e. The molecular formula is C14H30O3Si. The third-order valence-corrected chi connectivity index (χ3v) is 10.0. The van der Waals surface area contributed by atoms with Gasteiger partial charge in [0.1, 0.15) is 0 Å². The predicted molar refractivity (Wildman–Crippen MR) is 78.2 cm³/mol. The van der Waals surface area contributed by atoms with Crippen LogP contribution in [-0.4, -0.2) is 27.5 Å². The molecule has 0 saturated heterocycles. The Morgan fingerprint density at radius 3 is 1.61 bits per heavy atom. The summed E-state index contributed by atoms with van der Waals surface area (Å²) >= 11 is 0. The molecule has 0 amide bonds. The number of hydrogen-bond donors (Lipinski definition) is 0. The molecule has 0 spiro atoms. The summed E-state index contributed by atoms with van der Waals surface area (Å²) in [7, 11) is -0.454. The number of methoxy groups -OCH3 is 1. The number of carbonyl (C=O) groups is 1. The molecule has 108 valence electrons. The second kappa shape index (κ2) is 7.29. The van der Waals surface area contributed by atoms with Crippen molar-refractivity contribution >= 4 is 14.3 Å². The molecule has 0 rings (SSSR count). The molecule has 0 aromatic rings. The van der Waals surface area contributed by atoms with Gasteiger partial charge in [-0.15, -0.1) is 0 Å². The summed E-state index contributed by atoms with van der Waals surface area (Å²) in [5.41, 5.74) is 1.62. The van der Waals surface area contributed by atoms with Gasteiger partial charge >= 0.3 is 5.97 Å². The number of hydrogen-bond acceptors (Lipinski definition) is 3. The minimum absolute atomic E-state index is 0.0590. The highest BCUT2D eigenvalue weighted by molar-refractivity contribution is 6.77. The molecule has 0 aliphatic carbocycles. The molecule has 0 aliphatic heterocycles. The molecule has 0 fully saturated rings. The molecule has 4 heteroatoms. The topological polar surface area (TPSA) is 35.5 Å². The van der Waals surface area contributed by atoms with Gasteiger partial charge in [0, 0.05) is 0 Å². The molecule has 0 heterocycles. The minimum atomic E-state index is -1.88. The molecule has 0 aliphatic rings. The number of rotatable bonds is 7. The van der Waals surface area contributed by atoms with Crippen molar-refractivity contribution in [2.24, 2.45) is 0 Å². The summed E-state index contributed by atoms with van der Waals surface area (Å²) in [6.45, 7) is 15.5. The SMILES string of the molecule is COC(=O)C[C@@H](C)O[Si](C(C)C)(C(C)C)C(C)C. The van der Waals surface area contributed by atoms with Gasteiger partial charge in [0.2, 0.25) is 8.32 Å². The van der Waals surface area contributed by atoms with E-state index in [-0.39, 0.29) is 12.1 Å². The molecule has 18 heavy (non-hydrogen) atoms. The van der Waals surface area contributed by atoms with Gasteiger partial charge in [-0.2, -0.15) is 0 Å². The maximum atomic E-state index is 11.3. The summed E-state index contributed by atoms with van der Waals surface area (Å²) in [5, 5.41) is 0. The highest BCUT2D eigenvalue weighted by Gasteiger charge is 2.46. The first-order valence-electron chi connectivity index (χ1n) is 6.93. The molecule has 0 unspecified atom stereocenters. The van der Waals surface area contributed by atoms with Gasteiger partial charge in [-0.3, -0.25) is 4.79 Å². The van der Waals surface area contributed by atoms with Crippen LogP contribution in [0.3, 0.4) is 0 Å². The lowest BCUT2D eigenvalue weighted by molar-refractivity contribution is -0.142. The zero-order valence-corrected chi connectivity index (χ0v) is 14.2.